The maximum atomic E-state index is 10.5. The van der Waals surface area contributed by atoms with E-state index in [2.05, 4.69) is 0 Å². The molecular formula is C9H11NaO3S. The van der Waals surface area contributed by atoms with Crippen molar-refractivity contribution < 1.29 is 42.5 Å². The maximum Gasteiger partial charge on any atom is 1.00 e. The first kappa shape index (κ1) is 14.1. The molecule has 14 heavy (non-hydrogen) atoms. The summed E-state index contributed by atoms with van der Waals surface area (Å²) < 4.78 is 31.6. The summed E-state index contributed by atoms with van der Waals surface area (Å²) in [7, 11) is -4.28. The first-order chi connectivity index (χ1) is 6.04. The molecule has 0 atom stereocenters. The van der Waals surface area contributed by atoms with Crippen LogP contribution in [0.15, 0.2) is 29.2 Å². The van der Waals surface area contributed by atoms with Crippen LogP contribution in [0.25, 0.3) is 0 Å². The second kappa shape index (κ2) is 5.88. The van der Waals surface area contributed by atoms with Gasteiger partial charge in [0, 0.05) is 0 Å². The first-order valence-corrected chi connectivity index (χ1v) is 5.49. The first-order valence-electron chi connectivity index (χ1n) is 4.09. The van der Waals surface area contributed by atoms with Gasteiger partial charge in [0.15, 0.2) is 0 Å². The second-order valence-electron chi connectivity index (χ2n) is 2.85. The third-order valence-electron chi connectivity index (χ3n) is 1.75. The molecule has 0 aromatic heterocycles. The van der Waals surface area contributed by atoms with Crippen LogP contribution in [0.2, 0.25) is 0 Å². The van der Waals surface area contributed by atoms with Crippen LogP contribution in [-0.2, 0) is 16.5 Å². The second-order valence-corrected chi connectivity index (χ2v) is 4.23. The maximum absolute atomic E-state index is 10.5. The van der Waals surface area contributed by atoms with Crippen molar-refractivity contribution in [1.82, 2.24) is 0 Å². The zero-order valence-corrected chi connectivity index (χ0v) is 11.2. The van der Waals surface area contributed by atoms with E-state index in [-0.39, 0.29) is 34.5 Å². The molecule has 1 rings (SSSR count). The van der Waals surface area contributed by atoms with E-state index in [1.165, 1.54) is 12.1 Å². The molecule has 5 heteroatoms. The summed E-state index contributed by atoms with van der Waals surface area (Å²) in [6, 6.07) is 6.06. The van der Waals surface area contributed by atoms with Gasteiger partial charge in [0.2, 0.25) is 0 Å². The monoisotopic (exact) mass is 222 g/mol. The van der Waals surface area contributed by atoms with E-state index in [1.807, 2.05) is 6.92 Å². The van der Waals surface area contributed by atoms with E-state index in [9.17, 15) is 13.0 Å². The predicted octanol–water partition coefficient (Wildman–Crippen LogP) is -1.45. The molecule has 72 valence electrons. The van der Waals surface area contributed by atoms with Crippen LogP contribution >= 0.6 is 0 Å². The summed E-state index contributed by atoms with van der Waals surface area (Å²) in [6.07, 6.45) is 1.91. The van der Waals surface area contributed by atoms with Crippen LogP contribution in [0.5, 0.6) is 0 Å². The zero-order chi connectivity index (χ0) is 9.90. The van der Waals surface area contributed by atoms with Crippen LogP contribution < -0.4 is 29.6 Å². The van der Waals surface area contributed by atoms with Crippen molar-refractivity contribution in [2.75, 3.05) is 0 Å². The molecule has 0 aliphatic heterocycles. The Morgan fingerprint density at radius 2 is 1.71 bits per heavy atom. The average Bonchev–Trinajstić information content (AvgIpc) is 2.04. The molecule has 0 aliphatic carbocycles. The molecule has 0 heterocycles. The van der Waals surface area contributed by atoms with E-state index in [4.69, 9.17) is 0 Å². The third-order valence-corrected chi connectivity index (χ3v) is 2.60. The van der Waals surface area contributed by atoms with Crippen LogP contribution in [-0.4, -0.2) is 13.0 Å². The Kier molecular flexibility index (Phi) is 5.93. The van der Waals surface area contributed by atoms with Gasteiger partial charge in [0.1, 0.15) is 10.1 Å². The summed E-state index contributed by atoms with van der Waals surface area (Å²) >= 11 is 0. The zero-order valence-electron chi connectivity index (χ0n) is 8.36. The number of hydrogen-bond donors (Lipinski definition) is 0. The largest absolute Gasteiger partial charge is 1.00 e. The molecule has 0 saturated heterocycles. The normalized spacial score (nSPS) is 10.7. The van der Waals surface area contributed by atoms with Gasteiger partial charge in [-0.1, -0.05) is 25.5 Å². The fourth-order valence-electron chi connectivity index (χ4n) is 1.11. The van der Waals surface area contributed by atoms with Gasteiger partial charge in [-0.3, -0.25) is 0 Å². The fourth-order valence-corrected chi connectivity index (χ4v) is 1.58. The average molecular weight is 222 g/mol. The Hall–Kier alpha value is 0.130. The van der Waals surface area contributed by atoms with Crippen molar-refractivity contribution in [3.63, 3.8) is 0 Å². The van der Waals surface area contributed by atoms with E-state index in [0.29, 0.717) is 0 Å². The Morgan fingerprint density at radius 1 is 1.21 bits per heavy atom. The van der Waals surface area contributed by atoms with E-state index in [0.717, 1.165) is 18.4 Å². The van der Waals surface area contributed by atoms with Crippen molar-refractivity contribution >= 4 is 10.1 Å². The SMILES string of the molecule is CCCc1ccc(S(=O)(=O)[O-])cc1.[Na+]. The van der Waals surface area contributed by atoms with Crippen molar-refractivity contribution in [2.24, 2.45) is 0 Å². The fraction of sp³-hybridized carbons (Fsp3) is 0.333. The van der Waals surface area contributed by atoms with E-state index in [1.54, 1.807) is 12.1 Å². The van der Waals surface area contributed by atoms with Crippen LogP contribution in [0.1, 0.15) is 18.9 Å². The van der Waals surface area contributed by atoms with Gasteiger partial charge in [-0.15, -0.1) is 0 Å². The number of benzene rings is 1. The molecular weight excluding hydrogens is 211 g/mol. The number of rotatable bonds is 3. The van der Waals surface area contributed by atoms with Gasteiger partial charge < -0.3 is 4.55 Å². The predicted molar refractivity (Wildman–Crippen MR) is 48.4 cm³/mol. The van der Waals surface area contributed by atoms with Crippen molar-refractivity contribution in [2.45, 2.75) is 24.7 Å². The minimum atomic E-state index is -4.28. The molecule has 0 radical (unpaired) electrons. The van der Waals surface area contributed by atoms with Crippen molar-refractivity contribution in [3.05, 3.63) is 29.8 Å². The molecule has 0 N–H and O–H groups in total. The molecule has 0 amide bonds. The van der Waals surface area contributed by atoms with Crippen LogP contribution in [0.4, 0.5) is 0 Å². The molecule has 0 fully saturated rings. The molecule has 0 bridgehead atoms. The molecule has 0 saturated carbocycles. The molecule has 1 aromatic carbocycles. The summed E-state index contributed by atoms with van der Waals surface area (Å²) in [5.41, 5.74) is 1.05. The molecule has 0 unspecified atom stereocenters. The van der Waals surface area contributed by atoms with Crippen molar-refractivity contribution in [3.8, 4) is 0 Å². The summed E-state index contributed by atoms with van der Waals surface area (Å²) in [4.78, 5) is -0.160. The standard InChI is InChI=1S/C9H12O3S.Na/c1-2-3-8-4-6-9(7-5-8)13(10,11)12;/h4-7H,2-3H2,1H3,(H,10,11,12);/q;+1/p-1. The Balaban J connectivity index is 0.00000169. The molecule has 0 aliphatic rings. The summed E-state index contributed by atoms with van der Waals surface area (Å²) in [5, 5.41) is 0. The van der Waals surface area contributed by atoms with Crippen LogP contribution in [0, 0.1) is 0 Å². The Labute approximate surface area is 107 Å². The van der Waals surface area contributed by atoms with Crippen molar-refractivity contribution in [1.29, 1.82) is 0 Å². The third kappa shape index (κ3) is 4.11. The van der Waals surface area contributed by atoms with Gasteiger partial charge in [-0.05, 0) is 24.1 Å². The van der Waals surface area contributed by atoms with E-state index < -0.39 is 10.1 Å². The topological polar surface area (TPSA) is 57.2 Å². The van der Waals surface area contributed by atoms with Gasteiger partial charge in [-0.25, -0.2) is 8.42 Å². The Bertz CT molecular complexity index is 370. The minimum absolute atomic E-state index is 0. The molecule has 3 nitrogen and oxygen atoms in total. The Morgan fingerprint density at radius 3 is 2.07 bits per heavy atom. The van der Waals surface area contributed by atoms with E-state index >= 15 is 0 Å². The number of aryl methyl sites for hydroxylation is 1. The van der Waals surface area contributed by atoms with Gasteiger partial charge in [-0.2, -0.15) is 0 Å². The minimum Gasteiger partial charge on any atom is -0.744 e. The summed E-state index contributed by atoms with van der Waals surface area (Å²) in [6.45, 7) is 2.04. The van der Waals surface area contributed by atoms with Gasteiger partial charge >= 0.3 is 29.6 Å². The quantitative estimate of drug-likeness (QED) is 0.464. The number of hydrogen-bond acceptors (Lipinski definition) is 3. The van der Waals surface area contributed by atoms with Gasteiger partial charge in [0.25, 0.3) is 0 Å². The molecule has 1 aromatic rings. The smallest absolute Gasteiger partial charge is 0.744 e. The van der Waals surface area contributed by atoms with Gasteiger partial charge in [0.05, 0.1) is 4.90 Å². The molecule has 0 spiro atoms. The van der Waals surface area contributed by atoms with Crippen LogP contribution in [0.3, 0.4) is 0 Å². The summed E-state index contributed by atoms with van der Waals surface area (Å²) in [5.74, 6) is 0.